The van der Waals surface area contributed by atoms with Gasteiger partial charge in [0.2, 0.25) is 5.91 Å². The first kappa shape index (κ1) is 22.2. The number of fused-ring (bicyclic) bond motifs is 2. The van der Waals surface area contributed by atoms with Crippen LogP contribution in [0.25, 0.3) is 11.2 Å². The molecule has 0 atom stereocenters. The second-order valence-electron chi connectivity index (χ2n) is 8.78. The van der Waals surface area contributed by atoms with Crippen molar-refractivity contribution in [1.29, 1.82) is 0 Å². The van der Waals surface area contributed by atoms with Gasteiger partial charge in [-0.1, -0.05) is 11.6 Å². The van der Waals surface area contributed by atoms with E-state index in [9.17, 15) is 9.59 Å². The van der Waals surface area contributed by atoms with Crippen molar-refractivity contribution in [2.45, 2.75) is 31.7 Å². The highest BCUT2D eigenvalue weighted by Gasteiger charge is 2.25. The lowest BCUT2D eigenvalue weighted by molar-refractivity contribution is -0.115. The number of amides is 1. The molecule has 1 aliphatic carbocycles. The number of halogens is 1. The summed E-state index contributed by atoms with van der Waals surface area (Å²) in [6.45, 7) is 0.393. The number of hydrogen-bond acceptors (Lipinski definition) is 7. The Bertz CT molecular complexity index is 1620. The summed E-state index contributed by atoms with van der Waals surface area (Å²) in [6.07, 6.45) is 12.0. The molecule has 11 heteroatoms. The summed E-state index contributed by atoms with van der Waals surface area (Å²) < 4.78 is 3.72. The van der Waals surface area contributed by atoms with Crippen molar-refractivity contribution in [2.75, 3.05) is 10.6 Å². The number of anilines is 2. The summed E-state index contributed by atoms with van der Waals surface area (Å²) in [4.78, 5) is 41.5. The van der Waals surface area contributed by atoms with Crippen molar-refractivity contribution < 1.29 is 9.59 Å². The lowest BCUT2D eigenvalue weighted by Crippen LogP contribution is -2.16. The van der Waals surface area contributed by atoms with E-state index in [2.05, 4.69) is 30.6 Å². The van der Waals surface area contributed by atoms with Gasteiger partial charge in [0, 0.05) is 29.7 Å². The van der Waals surface area contributed by atoms with Crippen molar-refractivity contribution >= 4 is 46.6 Å². The zero-order valence-corrected chi connectivity index (χ0v) is 19.8. The van der Waals surface area contributed by atoms with Crippen LogP contribution in [0.4, 0.5) is 11.6 Å². The van der Waals surface area contributed by atoms with E-state index in [1.165, 1.54) is 11.9 Å². The fourth-order valence-electron chi connectivity index (χ4n) is 4.21. The van der Waals surface area contributed by atoms with Crippen molar-refractivity contribution in [1.82, 2.24) is 28.7 Å². The van der Waals surface area contributed by atoms with Crippen molar-refractivity contribution in [3.8, 4) is 0 Å². The Kier molecular flexibility index (Phi) is 5.57. The largest absolute Gasteiger partial charge is 0.364 e. The molecule has 1 fully saturated rings. The molecule has 0 unspecified atom stereocenters. The third-order valence-corrected chi connectivity index (χ3v) is 6.36. The fourth-order valence-corrected chi connectivity index (χ4v) is 4.36. The normalized spacial score (nSPS) is 13.2. The van der Waals surface area contributed by atoms with Crippen molar-refractivity contribution in [3.05, 3.63) is 83.0 Å². The Morgan fingerprint density at radius 2 is 1.97 bits per heavy atom. The second-order valence-corrected chi connectivity index (χ2v) is 9.22. The monoisotopic (exact) mass is 500 g/mol. The van der Waals surface area contributed by atoms with Crippen LogP contribution in [0.5, 0.6) is 0 Å². The summed E-state index contributed by atoms with van der Waals surface area (Å²) in [5.41, 5.74) is 4.55. The van der Waals surface area contributed by atoms with Gasteiger partial charge in [-0.05, 0) is 42.5 Å². The number of nitrogens with zero attached hydrogens (tertiary/aromatic N) is 6. The van der Waals surface area contributed by atoms with Crippen LogP contribution >= 0.6 is 11.6 Å². The van der Waals surface area contributed by atoms with E-state index in [1.807, 2.05) is 27.3 Å². The van der Waals surface area contributed by atoms with Crippen LogP contribution in [0.3, 0.4) is 0 Å². The molecule has 180 valence electrons. The Morgan fingerprint density at radius 3 is 2.81 bits per heavy atom. The third kappa shape index (κ3) is 4.50. The van der Waals surface area contributed by atoms with Crippen LogP contribution in [-0.2, 0) is 17.8 Å². The van der Waals surface area contributed by atoms with Gasteiger partial charge in [0.05, 0.1) is 41.8 Å². The van der Waals surface area contributed by atoms with E-state index in [-0.39, 0.29) is 12.3 Å². The van der Waals surface area contributed by atoms with Gasteiger partial charge in [-0.25, -0.2) is 19.9 Å². The van der Waals surface area contributed by atoms with Crippen LogP contribution in [0.1, 0.15) is 46.1 Å². The van der Waals surface area contributed by atoms with Gasteiger partial charge >= 0.3 is 0 Å². The van der Waals surface area contributed by atoms with Gasteiger partial charge < -0.3 is 19.4 Å². The van der Waals surface area contributed by atoms with Gasteiger partial charge in [0.25, 0.3) is 0 Å². The molecular formula is C25H21ClN8O2. The summed E-state index contributed by atoms with van der Waals surface area (Å²) >= 11 is 6.08. The Hall–Kier alpha value is -4.31. The minimum Gasteiger partial charge on any atom is -0.364 e. The summed E-state index contributed by atoms with van der Waals surface area (Å²) in [7, 11) is 0. The molecule has 1 aliphatic rings. The maximum absolute atomic E-state index is 12.6. The Labute approximate surface area is 210 Å². The summed E-state index contributed by atoms with van der Waals surface area (Å²) in [5.74, 6) is 1.18. The molecule has 2 N–H and O–H groups in total. The quantitative estimate of drug-likeness (QED) is 0.310. The topological polar surface area (TPSA) is 119 Å². The molecule has 36 heavy (non-hydrogen) atoms. The Morgan fingerprint density at radius 1 is 1.11 bits per heavy atom. The first-order valence-corrected chi connectivity index (χ1v) is 11.9. The highest BCUT2D eigenvalue weighted by molar-refractivity contribution is 6.30. The number of hydrogen-bond donors (Lipinski definition) is 2. The zero-order valence-electron chi connectivity index (χ0n) is 19.1. The van der Waals surface area contributed by atoms with Crippen LogP contribution < -0.4 is 10.6 Å². The van der Waals surface area contributed by atoms with E-state index in [1.54, 1.807) is 30.7 Å². The summed E-state index contributed by atoms with van der Waals surface area (Å²) in [5, 5.41) is 6.56. The van der Waals surface area contributed by atoms with E-state index >= 15 is 0 Å². The molecule has 0 bridgehead atoms. The number of rotatable bonds is 8. The highest BCUT2D eigenvalue weighted by atomic mass is 35.5. The molecule has 0 spiro atoms. The average molecular weight is 501 g/mol. The molecule has 6 rings (SSSR count). The smallest absolute Gasteiger partial charge is 0.231 e. The number of imidazole rings is 2. The lowest BCUT2D eigenvalue weighted by Gasteiger charge is -2.07. The number of carbonyl (C=O) groups excluding carboxylic acids is 2. The summed E-state index contributed by atoms with van der Waals surface area (Å²) in [6, 6.07) is 7.12. The number of aldehydes is 1. The number of aromatic nitrogens is 6. The van der Waals surface area contributed by atoms with Crippen molar-refractivity contribution in [3.63, 3.8) is 0 Å². The van der Waals surface area contributed by atoms with Crippen LogP contribution in [0.15, 0.2) is 55.5 Å². The van der Waals surface area contributed by atoms with E-state index in [0.29, 0.717) is 46.0 Å². The molecule has 5 aromatic rings. The third-order valence-electron chi connectivity index (χ3n) is 6.12. The minimum atomic E-state index is -0.256. The first-order chi connectivity index (χ1) is 17.6. The van der Waals surface area contributed by atoms with Crippen LogP contribution in [-0.4, -0.2) is 40.9 Å². The predicted octanol–water partition coefficient (Wildman–Crippen LogP) is 3.91. The SMILES string of the molecule is O=Cc1cc(C2CC2)cn2cc(CNc3cc(NC(=O)Cc4ncn5ccc(Cl)cc45)ncn3)nc12. The maximum Gasteiger partial charge on any atom is 0.231 e. The fraction of sp³-hybridized carbons (Fsp3) is 0.200. The highest BCUT2D eigenvalue weighted by Crippen LogP contribution is 2.40. The van der Waals surface area contributed by atoms with E-state index in [0.717, 1.165) is 30.3 Å². The maximum atomic E-state index is 12.6. The Balaban J connectivity index is 1.13. The molecule has 5 heterocycles. The zero-order chi connectivity index (χ0) is 24.6. The molecule has 0 radical (unpaired) electrons. The number of pyridine rings is 2. The predicted molar refractivity (Wildman–Crippen MR) is 134 cm³/mol. The minimum absolute atomic E-state index is 0.0762. The van der Waals surface area contributed by atoms with Gasteiger partial charge in [-0.3, -0.25) is 9.59 Å². The standard InChI is InChI=1S/C25H21ClN8O2/c26-18-3-4-33-14-30-20(21(33)6-18)7-24(36)32-23-8-22(28-13-29-23)27-9-19-11-34-10-16(15-1-2-15)5-17(12-35)25(34)31-19/h3-6,8,10-15H,1-2,7,9H2,(H2,27,28,29,32,36). The molecule has 5 aromatic heterocycles. The number of carbonyl (C=O) groups is 2. The lowest BCUT2D eigenvalue weighted by atomic mass is 10.1. The molecule has 1 amide bonds. The second kappa shape index (κ2) is 9.04. The molecule has 0 aliphatic heterocycles. The van der Waals surface area contributed by atoms with Crippen LogP contribution in [0.2, 0.25) is 5.02 Å². The average Bonchev–Trinajstić information content (AvgIpc) is 3.54. The van der Waals surface area contributed by atoms with Gasteiger partial charge in [0.15, 0.2) is 6.29 Å². The van der Waals surface area contributed by atoms with Gasteiger partial charge in [0.1, 0.15) is 23.6 Å². The molecule has 10 nitrogen and oxygen atoms in total. The van der Waals surface area contributed by atoms with Gasteiger partial charge in [-0.2, -0.15) is 0 Å². The van der Waals surface area contributed by atoms with E-state index < -0.39 is 0 Å². The van der Waals surface area contributed by atoms with Crippen LogP contribution in [0, 0.1) is 0 Å². The van der Waals surface area contributed by atoms with E-state index in [4.69, 9.17) is 11.6 Å². The van der Waals surface area contributed by atoms with Gasteiger partial charge in [-0.15, -0.1) is 0 Å². The molecular weight excluding hydrogens is 480 g/mol. The molecule has 1 saturated carbocycles. The molecule has 0 saturated heterocycles. The van der Waals surface area contributed by atoms with Crippen molar-refractivity contribution in [2.24, 2.45) is 0 Å². The first-order valence-electron chi connectivity index (χ1n) is 11.5. The number of nitrogens with one attached hydrogen (secondary N) is 2. The molecule has 0 aromatic carbocycles.